The van der Waals surface area contributed by atoms with Gasteiger partial charge in [0.2, 0.25) is 0 Å². The van der Waals surface area contributed by atoms with Crippen LogP contribution in [0.15, 0.2) is 55.2 Å². The van der Waals surface area contributed by atoms with Gasteiger partial charge < -0.3 is 0 Å². The van der Waals surface area contributed by atoms with Gasteiger partial charge >= 0.3 is 0 Å². The summed E-state index contributed by atoms with van der Waals surface area (Å²) in [7, 11) is 0. The van der Waals surface area contributed by atoms with Crippen molar-refractivity contribution in [2.45, 2.75) is 19.4 Å². The van der Waals surface area contributed by atoms with Gasteiger partial charge in [-0.3, -0.25) is 20.0 Å². The molecule has 1 aliphatic heterocycles. The van der Waals surface area contributed by atoms with Crippen molar-refractivity contribution >= 4 is 0 Å². The molecule has 1 fully saturated rings. The molecule has 0 saturated carbocycles. The van der Waals surface area contributed by atoms with Crippen LogP contribution in [0.3, 0.4) is 0 Å². The van der Waals surface area contributed by atoms with Gasteiger partial charge in [-0.2, -0.15) is 5.10 Å². The Balaban J connectivity index is 1.40. The minimum absolute atomic E-state index is 0.723. The molecule has 1 N–H and O–H groups in total. The maximum atomic E-state index is 4.24. The lowest BCUT2D eigenvalue weighted by Crippen LogP contribution is -2.20. The molecule has 0 amide bonds. The van der Waals surface area contributed by atoms with Crippen LogP contribution in [0.25, 0.3) is 11.3 Å². The number of nitrogens with zero attached hydrogens (tertiary/aromatic N) is 4. The van der Waals surface area contributed by atoms with E-state index in [2.05, 4.69) is 43.3 Å². The largest absolute Gasteiger partial charge is 0.299 e. The highest BCUT2D eigenvalue weighted by molar-refractivity contribution is 5.61. The third-order valence-corrected chi connectivity index (χ3v) is 4.71. The Morgan fingerprint density at radius 3 is 2.83 bits per heavy atom. The van der Waals surface area contributed by atoms with Crippen LogP contribution in [-0.4, -0.2) is 38.2 Å². The van der Waals surface area contributed by atoms with Crippen molar-refractivity contribution in [3.63, 3.8) is 0 Å². The van der Waals surface area contributed by atoms with E-state index in [0.29, 0.717) is 0 Å². The molecule has 5 nitrogen and oxygen atoms in total. The highest BCUT2D eigenvalue weighted by atomic mass is 15.2. The molecule has 0 spiro atoms. The van der Waals surface area contributed by atoms with Gasteiger partial charge in [0, 0.05) is 49.0 Å². The number of hydrogen-bond acceptors (Lipinski definition) is 4. The fraction of sp³-hybridized carbons (Fsp3) is 0.316. The molecular weight excluding hydrogens is 298 g/mol. The summed E-state index contributed by atoms with van der Waals surface area (Å²) in [5.74, 6) is 0.723. The van der Waals surface area contributed by atoms with E-state index in [1.807, 2.05) is 30.9 Å². The molecule has 1 aliphatic rings. The molecule has 0 radical (unpaired) electrons. The monoisotopic (exact) mass is 319 g/mol. The second kappa shape index (κ2) is 6.93. The van der Waals surface area contributed by atoms with E-state index in [1.54, 1.807) is 6.20 Å². The zero-order valence-corrected chi connectivity index (χ0v) is 13.6. The quantitative estimate of drug-likeness (QED) is 0.785. The van der Waals surface area contributed by atoms with Crippen LogP contribution in [0.1, 0.15) is 17.5 Å². The summed E-state index contributed by atoms with van der Waals surface area (Å²) >= 11 is 0. The van der Waals surface area contributed by atoms with Crippen LogP contribution in [0, 0.1) is 5.92 Å². The molecular formula is C19H21N5. The lowest BCUT2D eigenvalue weighted by Gasteiger charge is -2.16. The molecule has 0 bridgehead atoms. The first kappa shape index (κ1) is 15.0. The molecule has 122 valence electrons. The molecule has 0 aromatic carbocycles. The second-order valence-corrected chi connectivity index (χ2v) is 6.46. The number of rotatable bonds is 5. The Labute approximate surface area is 141 Å². The van der Waals surface area contributed by atoms with Crippen molar-refractivity contribution < 1.29 is 0 Å². The van der Waals surface area contributed by atoms with E-state index in [9.17, 15) is 0 Å². The van der Waals surface area contributed by atoms with Gasteiger partial charge in [0.05, 0.1) is 11.9 Å². The van der Waals surface area contributed by atoms with E-state index in [0.717, 1.165) is 43.2 Å². The summed E-state index contributed by atoms with van der Waals surface area (Å²) in [5.41, 5.74) is 4.81. The fourth-order valence-electron chi connectivity index (χ4n) is 3.51. The van der Waals surface area contributed by atoms with E-state index in [4.69, 9.17) is 0 Å². The Bertz CT molecular complexity index is 769. The van der Waals surface area contributed by atoms with Crippen LogP contribution >= 0.6 is 0 Å². The first-order valence-electron chi connectivity index (χ1n) is 8.42. The Kier molecular flexibility index (Phi) is 4.34. The summed E-state index contributed by atoms with van der Waals surface area (Å²) in [6.45, 7) is 3.22. The Morgan fingerprint density at radius 2 is 2.00 bits per heavy atom. The van der Waals surface area contributed by atoms with Crippen LogP contribution in [0.2, 0.25) is 0 Å². The summed E-state index contributed by atoms with van der Waals surface area (Å²) in [5, 5.41) is 7.36. The van der Waals surface area contributed by atoms with Crippen LogP contribution in [-0.2, 0) is 13.0 Å². The molecule has 4 rings (SSSR count). The third-order valence-electron chi connectivity index (χ3n) is 4.71. The minimum Gasteiger partial charge on any atom is -0.299 e. The lowest BCUT2D eigenvalue weighted by molar-refractivity contribution is 0.317. The van der Waals surface area contributed by atoms with Crippen LogP contribution in [0.5, 0.6) is 0 Å². The van der Waals surface area contributed by atoms with E-state index in [1.165, 1.54) is 17.5 Å². The number of pyridine rings is 2. The van der Waals surface area contributed by atoms with Crippen molar-refractivity contribution in [3.8, 4) is 11.3 Å². The summed E-state index contributed by atoms with van der Waals surface area (Å²) in [6.07, 6.45) is 11.8. The molecule has 0 aliphatic carbocycles. The summed E-state index contributed by atoms with van der Waals surface area (Å²) < 4.78 is 0. The predicted octanol–water partition coefficient (Wildman–Crippen LogP) is 2.93. The topological polar surface area (TPSA) is 57.7 Å². The van der Waals surface area contributed by atoms with Gasteiger partial charge in [0.15, 0.2) is 0 Å². The minimum atomic E-state index is 0.723. The van der Waals surface area contributed by atoms with E-state index >= 15 is 0 Å². The van der Waals surface area contributed by atoms with Crippen molar-refractivity contribution in [1.82, 2.24) is 25.1 Å². The van der Waals surface area contributed by atoms with Gasteiger partial charge in [0.1, 0.15) is 0 Å². The van der Waals surface area contributed by atoms with Crippen molar-refractivity contribution in [3.05, 3.63) is 66.4 Å². The van der Waals surface area contributed by atoms with Crippen molar-refractivity contribution in [1.29, 1.82) is 0 Å². The predicted molar refractivity (Wildman–Crippen MR) is 93.1 cm³/mol. The molecule has 4 heterocycles. The maximum Gasteiger partial charge on any atom is 0.0710 e. The fourth-order valence-corrected chi connectivity index (χ4v) is 3.51. The molecule has 3 aromatic rings. The Hall–Kier alpha value is -2.53. The van der Waals surface area contributed by atoms with Crippen LogP contribution < -0.4 is 0 Å². The van der Waals surface area contributed by atoms with Gasteiger partial charge in [-0.05, 0) is 55.1 Å². The molecule has 1 saturated heterocycles. The molecule has 1 unspecified atom stereocenters. The second-order valence-electron chi connectivity index (χ2n) is 6.46. The van der Waals surface area contributed by atoms with Gasteiger partial charge in [-0.15, -0.1) is 0 Å². The van der Waals surface area contributed by atoms with E-state index < -0.39 is 0 Å². The highest BCUT2D eigenvalue weighted by Gasteiger charge is 2.23. The average molecular weight is 319 g/mol. The zero-order valence-electron chi connectivity index (χ0n) is 13.6. The maximum absolute atomic E-state index is 4.24. The molecule has 1 atom stereocenters. The molecule has 5 heteroatoms. The number of aromatic nitrogens is 4. The first-order valence-corrected chi connectivity index (χ1v) is 8.42. The van der Waals surface area contributed by atoms with Gasteiger partial charge in [0.25, 0.3) is 0 Å². The number of aromatic amines is 1. The Morgan fingerprint density at radius 1 is 1.08 bits per heavy atom. The van der Waals surface area contributed by atoms with Crippen molar-refractivity contribution in [2.75, 3.05) is 13.1 Å². The molecule has 24 heavy (non-hydrogen) atoms. The summed E-state index contributed by atoms with van der Waals surface area (Å²) in [6, 6.07) is 8.28. The molecule has 3 aromatic heterocycles. The summed E-state index contributed by atoms with van der Waals surface area (Å²) in [4.78, 5) is 10.8. The third kappa shape index (κ3) is 3.36. The zero-order chi connectivity index (χ0) is 16.2. The van der Waals surface area contributed by atoms with Crippen LogP contribution in [0.4, 0.5) is 0 Å². The smallest absolute Gasteiger partial charge is 0.0710 e. The standard InChI is InChI=1S/C19H21N5/c1-2-17(11-21-6-1)19-18(12-22-23-19)14-24-9-5-16(13-24)10-15-3-7-20-8-4-15/h1-4,6-8,11-12,16H,5,9-10,13-14H2,(H,22,23). The van der Waals surface area contributed by atoms with Crippen molar-refractivity contribution in [2.24, 2.45) is 5.92 Å². The number of likely N-dealkylation sites (tertiary alicyclic amines) is 1. The normalized spacial score (nSPS) is 18.1. The first-order chi connectivity index (χ1) is 11.9. The van der Waals surface area contributed by atoms with Gasteiger partial charge in [-0.1, -0.05) is 0 Å². The number of hydrogen-bond donors (Lipinski definition) is 1. The highest BCUT2D eigenvalue weighted by Crippen LogP contribution is 2.25. The number of nitrogens with one attached hydrogen (secondary N) is 1. The van der Waals surface area contributed by atoms with E-state index in [-0.39, 0.29) is 0 Å². The SMILES string of the molecule is c1cncc(-c2[nH]ncc2CN2CCC(Cc3ccncc3)C2)c1. The lowest BCUT2D eigenvalue weighted by atomic mass is 10.00. The average Bonchev–Trinajstić information content (AvgIpc) is 3.27. The van der Waals surface area contributed by atoms with Gasteiger partial charge in [-0.25, -0.2) is 0 Å². The number of H-pyrrole nitrogens is 1.